The number of ether oxygens (including phenoxy) is 3. The molecule has 0 radical (unpaired) electrons. The highest BCUT2D eigenvalue weighted by atomic mass is 16.6. The Morgan fingerprint density at radius 1 is 0.892 bits per heavy atom. The molecule has 1 aliphatic heterocycles. The minimum Gasteiger partial charge on any atom is -0.447 e. The first kappa shape index (κ1) is 31.6. The predicted molar refractivity (Wildman–Crippen MR) is 151 cm³/mol. The van der Waals surface area contributed by atoms with Gasteiger partial charge in [0.25, 0.3) is 0 Å². The van der Waals surface area contributed by atoms with Gasteiger partial charge in [-0.25, -0.2) is 4.79 Å². The number of hydrogen-bond acceptors (Lipinski definition) is 5. The van der Waals surface area contributed by atoms with Crippen LogP contribution in [0.4, 0.5) is 4.79 Å². The van der Waals surface area contributed by atoms with Crippen molar-refractivity contribution in [1.29, 1.82) is 0 Å². The third kappa shape index (κ3) is 17.5. The summed E-state index contributed by atoms with van der Waals surface area (Å²) in [4.78, 5) is 16.0. The van der Waals surface area contributed by atoms with Crippen molar-refractivity contribution >= 4 is 6.09 Å². The number of aromatic nitrogens is 1. The van der Waals surface area contributed by atoms with Crippen LogP contribution in [-0.4, -0.2) is 43.6 Å². The number of unbranched alkanes of at least 4 members (excludes halogenated alkanes) is 15. The molecule has 0 aromatic carbocycles. The lowest BCUT2D eigenvalue weighted by Gasteiger charge is -2.11. The van der Waals surface area contributed by atoms with Crippen LogP contribution in [0, 0.1) is 5.92 Å². The van der Waals surface area contributed by atoms with E-state index in [2.05, 4.69) is 17.2 Å². The van der Waals surface area contributed by atoms with E-state index in [4.69, 9.17) is 14.2 Å². The Hall–Kier alpha value is -1.66. The summed E-state index contributed by atoms with van der Waals surface area (Å²) in [5.74, 6) is 0.395. The molecule has 1 N–H and O–H groups in total. The van der Waals surface area contributed by atoms with Crippen LogP contribution in [0.5, 0.6) is 0 Å². The van der Waals surface area contributed by atoms with Gasteiger partial charge in [-0.05, 0) is 25.0 Å². The molecule has 0 spiro atoms. The molecular weight excluding hydrogens is 464 g/mol. The first-order valence-electron chi connectivity index (χ1n) is 15.3. The summed E-state index contributed by atoms with van der Waals surface area (Å²) in [6.45, 7) is 5.19. The lowest BCUT2D eigenvalue weighted by atomic mass is 10.0. The molecule has 37 heavy (non-hydrogen) atoms. The van der Waals surface area contributed by atoms with E-state index in [0.29, 0.717) is 19.1 Å². The molecule has 0 aliphatic carbocycles. The summed E-state index contributed by atoms with van der Waals surface area (Å²) in [6.07, 6.45) is 24.3. The monoisotopic (exact) mass is 518 g/mol. The Bertz CT molecular complexity index is 658. The Labute approximate surface area is 226 Å². The maximum absolute atomic E-state index is 11.9. The standard InChI is InChI=1S/C31H54N2O4/c1-2-3-4-5-6-7-8-9-10-11-12-13-14-15-16-19-22-35-25-28-23-30(36-26-28)27-37-31(34)33-24-29-20-17-18-21-32-29/h17-18,20-21,28,30H,2-16,19,22-27H2,1H3,(H,33,34)/t28-,30-/m0/s1. The third-order valence-corrected chi connectivity index (χ3v) is 7.20. The number of nitrogens with zero attached hydrogens (tertiary/aromatic N) is 1. The normalized spacial score (nSPS) is 17.2. The second-order valence-corrected chi connectivity index (χ2v) is 10.7. The first-order valence-corrected chi connectivity index (χ1v) is 15.3. The maximum Gasteiger partial charge on any atom is 0.407 e. The van der Waals surface area contributed by atoms with Crippen molar-refractivity contribution in [3.63, 3.8) is 0 Å². The zero-order valence-electron chi connectivity index (χ0n) is 23.6. The van der Waals surface area contributed by atoms with Crippen molar-refractivity contribution in [2.24, 2.45) is 5.92 Å². The third-order valence-electron chi connectivity index (χ3n) is 7.20. The van der Waals surface area contributed by atoms with Crippen molar-refractivity contribution in [3.8, 4) is 0 Å². The van der Waals surface area contributed by atoms with Crippen LogP contribution >= 0.6 is 0 Å². The molecular formula is C31H54N2O4. The van der Waals surface area contributed by atoms with Gasteiger partial charge in [0.1, 0.15) is 6.61 Å². The van der Waals surface area contributed by atoms with Gasteiger partial charge in [-0.1, -0.05) is 109 Å². The molecule has 2 atom stereocenters. The Morgan fingerprint density at radius 2 is 1.51 bits per heavy atom. The quantitative estimate of drug-likeness (QED) is 0.149. The fourth-order valence-corrected chi connectivity index (χ4v) is 4.90. The van der Waals surface area contributed by atoms with Crippen molar-refractivity contribution in [1.82, 2.24) is 10.3 Å². The number of carbonyl (C=O) groups is 1. The van der Waals surface area contributed by atoms with Gasteiger partial charge in [-0.3, -0.25) is 4.98 Å². The molecule has 2 heterocycles. The van der Waals surface area contributed by atoms with Gasteiger partial charge in [0, 0.05) is 18.7 Å². The Balaban J connectivity index is 1.29. The van der Waals surface area contributed by atoms with Gasteiger partial charge < -0.3 is 19.5 Å². The summed E-state index contributed by atoms with van der Waals surface area (Å²) in [7, 11) is 0. The van der Waals surface area contributed by atoms with Crippen LogP contribution in [0.15, 0.2) is 24.4 Å². The van der Waals surface area contributed by atoms with Gasteiger partial charge in [0.05, 0.1) is 31.6 Å². The average molecular weight is 519 g/mol. The minimum atomic E-state index is -0.433. The number of rotatable bonds is 23. The highest BCUT2D eigenvalue weighted by Gasteiger charge is 2.26. The largest absolute Gasteiger partial charge is 0.447 e. The zero-order chi connectivity index (χ0) is 26.2. The summed E-state index contributed by atoms with van der Waals surface area (Å²) in [6, 6.07) is 5.61. The molecule has 1 amide bonds. The number of pyridine rings is 1. The first-order chi connectivity index (χ1) is 18.3. The van der Waals surface area contributed by atoms with E-state index in [1.807, 2.05) is 18.2 Å². The molecule has 1 fully saturated rings. The lowest BCUT2D eigenvalue weighted by molar-refractivity contribution is 0.0391. The summed E-state index contributed by atoms with van der Waals surface area (Å²) in [5.41, 5.74) is 0.804. The van der Waals surface area contributed by atoms with Crippen molar-refractivity contribution in [2.45, 2.75) is 129 Å². The Morgan fingerprint density at radius 3 is 2.11 bits per heavy atom. The molecule has 1 aliphatic rings. The van der Waals surface area contributed by atoms with Crippen molar-refractivity contribution in [3.05, 3.63) is 30.1 Å². The number of hydrogen-bond donors (Lipinski definition) is 1. The van der Waals surface area contributed by atoms with Crippen LogP contribution < -0.4 is 5.32 Å². The molecule has 2 rings (SSSR count). The molecule has 0 saturated carbocycles. The van der Waals surface area contributed by atoms with Crippen molar-refractivity contribution in [2.75, 3.05) is 26.4 Å². The number of amides is 1. The van der Waals surface area contributed by atoms with Crippen LogP contribution in [0.25, 0.3) is 0 Å². The summed E-state index contributed by atoms with van der Waals surface area (Å²) < 4.78 is 17.0. The SMILES string of the molecule is CCCCCCCCCCCCCCCCCCOC[C@H]1CO[C@H](COC(=O)NCc2ccccn2)C1. The molecule has 1 saturated heterocycles. The molecule has 6 nitrogen and oxygen atoms in total. The topological polar surface area (TPSA) is 69.7 Å². The van der Waals surface area contributed by atoms with Crippen LogP contribution in [0.1, 0.15) is 122 Å². The van der Waals surface area contributed by atoms with E-state index < -0.39 is 6.09 Å². The van der Waals surface area contributed by atoms with Crippen molar-refractivity contribution < 1.29 is 19.0 Å². The van der Waals surface area contributed by atoms with Crippen LogP contribution in [0.3, 0.4) is 0 Å². The maximum atomic E-state index is 11.9. The Kier molecular flexibility index (Phi) is 19.0. The number of alkyl carbamates (subject to hydrolysis) is 1. The molecule has 0 bridgehead atoms. The molecule has 1 aromatic rings. The number of nitrogens with one attached hydrogen (secondary N) is 1. The predicted octanol–water partition coefficient (Wildman–Crippen LogP) is 7.99. The molecule has 0 unspecified atom stereocenters. The second-order valence-electron chi connectivity index (χ2n) is 10.7. The highest BCUT2D eigenvalue weighted by Crippen LogP contribution is 2.20. The number of carbonyl (C=O) groups excluding carboxylic acids is 1. The minimum absolute atomic E-state index is 0.0373. The summed E-state index contributed by atoms with van der Waals surface area (Å²) >= 11 is 0. The highest BCUT2D eigenvalue weighted by molar-refractivity contribution is 5.67. The van der Waals surface area contributed by atoms with Gasteiger partial charge in [0.15, 0.2) is 0 Å². The fourth-order valence-electron chi connectivity index (χ4n) is 4.90. The molecule has 212 valence electrons. The smallest absolute Gasteiger partial charge is 0.407 e. The van der Waals surface area contributed by atoms with E-state index in [1.165, 1.54) is 96.3 Å². The van der Waals surface area contributed by atoms with Crippen LogP contribution in [-0.2, 0) is 20.8 Å². The van der Waals surface area contributed by atoms with Crippen LogP contribution in [0.2, 0.25) is 0 Å². The van der Waals surface area contributed by atoms with Gasteiger partial charge in [-0.2, -0.15) is 0 Å². The lowest BCUT2D eigenvalue weighted by Crippen LogP contribution is -2.27. The zero-order valence-corrected chi connectivity index (χ0v) is 23.6. The average Bonchev–Trinajstić information content (AvgIpc) is 3.38. The summed E-state index contributed by atoms with van der Waals surface area (Å²) in [5, 5.41) is 2.72. The van der Waals surface area contributed by atoms with Gasteiger partial charge in [-0.15, -0.1) is 0 Å². The fraction of sp³-hybridized carbons (Fsp3) is 0.806. The molecule has 6 heteroatoms. The van der Waals surface area contributed by atoms with E-state index in [1.54, 1.807) is 6.20 Å². The van der Waals surface area contributed by atoms with E-state index in [0.717, 1.165) is 31.7 Å². The van der Waals surface area contributed by atoms with Gasteiger partial charge >= 0.3 is 6.09 Å². The van der Waals surface area contributed by atoms with E-state index in [9.17, 15) is 4.79 Å². The second kappa shape index (κ2) is 22.3. The molecule has 1 aromatic heterocycles. The van der Waals surface area contributed by atoms with E-state index >= 15 is 0 Å². The van der Waals surface area contributed by atoms with Gasteiger partial charge in [0.2, 0.25) is 0 Å². The van der Waals surface area contributed by atoms with E-state index in [-0.39, 0.29) is 12.7 Å².